The molecule has 0 aliphatic carbocycles. The van der Waals surface area contributed by atoms with Crippen molar-refractivity contribution >= 4 is 0 Å². The van der Waals surface area contributed by atoms with Crippen molar-refractivity contribution in [1.29, 1.82) is 0 Å². The molecule has 1 aromatic rings. The minimum atomic E-state index is -1.05. The van der Waals surface area contributed by atoms with Gasteiger partial charge in [0.2, 0.25) is 0 Å². The van der Waals surface area contributed by atoms with Crippen LogP contribution in [0.15, 0.2) is 18.2 Å². The van der Waals surface area contributed by atoms with Crippen LogP contribution in [-0.2, 0) is 10.3 Å². The molecule has 1 aliphatic heterocycles. The highest BCUT2D eigenvalue weighted by molar-refractivity contribution is 5.34. The topological polar surface area (TPSA) is 38.7 Å². The van der Waals surface area contributed by atoms with E-state index in [1.807, 2.05) is 0 Å². The van der Waals surface area contributed by atoms with Gasteiger partial charge in [0.1, 0.15) is 17.2 Å². The van der Waals surface area contributed by atoms with Crippen LogP contribution in [0.1, 0.15) is 5.56 Å². The Bertz CT molecular complexity index is 347. The summed E-state index contributed by atoms with van der Waals surface area (Å²) in [5.41, 5.74) is -0.546. The van der Waals surface area contributed by atoms with Gasteiger partial charge in [0, 0.05) is 6.07 Å². The van der Waals surface area contributed by atoms with E-state index in [1.165, 1.54) is 19.2 Å². The number of aliphatic hydroxyl groups is 1. The molecule has 0 aromatic heterocycles. The first-order valence-electron chi connectivity index (χ1n) is 4.29. The van der Waals surface area contributed by atoms with E-state index in [4.69, 9.17) is 9.47 Å². The molecule has 1 saturated heterocycles. The third kappa shape index (κ3) is 1.47. The van der Waals surface area contributed by atoms with E-state index < -0.39 is 11.4 Å². The predicted molar refractivity (Wildman–Crippen MR) is 47.7 cm³/mol. The first-order valence-corrected chi connectivity index (χ1v) is 4.29. The minimum absolute atomic E-state index is 0.208. The monoisotopic (exact) mass is 198 g/mol. The zero-order chi connectivity index (χ0) is 10.2. The number of benzene rings is 1. The van der Waals surface area contributed by atoms with Gasteiger partial charge < -0.3 is 14.6 Å². The normalized spacial score (nSPS) is 18.8. The molecule has 0 spiro atoms. The number of halogens is 1. The zero-order valence-corrected chi connectivity index (χ0v) is 7.79. The van der Waals surface area contributed by atoms with Crippen LogP contribution in [0.2, 0.25) is 0 Å². The summed E-state index contributed by atoms with van der Waals surface area (Å²) in [6.07, 6.45) is 0. The fourth-order valence-electron chi connectivity index (χ4n) is 1.41. The van der Waals surface area contributed by atoms with E-state index in [0.29, 0.717) is 11.3 Å². The average molecular weight is 198 g/mol. The number of rotatable bonds is 2. The van der Waals surface area contributed by atoms with Crippen LogP contribution in [0.25, 0.3) is 0 Å². The lowest BCUT2D eigenvalue weighted by molar-refractivity contribution is -0.184. The predicted octanol–water partition coefficient (Wildman–Crippen LogP) is 1.05. The van der Waals surface area contributed by atoms with Crippen LogP contribution in [0.3, 0.4) is 0 Å². The smallest absolute Gasteiger partial charge is 0.136 e. The maximum atomic E-state index is 13.1. The van der Waals surface area contributed by atoms with Crippen molar-refractivity contribution in [3.8, 4) is 5.75 Å². The molecule has 2 rings (SSSR count). The largest absolute Gasteiger partial charge is 0.497 e. The molecule has 3 nitrogen and oxygen atoms in total. The van der Waals surface area contributed by atoms with E-state index in [1.54, 1.807) is 6.07 Å². The van der Waals surface area contributed by atoms with Crippen molar-refractivity contribution in [1.82, 2.24) is 0 Å². The molecule has 0 amide bonds. The summed E-state index contributed by atoms with van der Waals surface area (Å²) >= 11 is 0. The first kappa shape index (κ1) is 9.43. The van der Waals surface area contributed by atoms with Gasteiger partial charge in [-0.1, -0.05) is 0 Å². The summed E-state index contributed by atoms with van der Waals surface area (Å²) in [4.78, 5) is 0. The fraction of sp³-hybridized carbons (Fsp3) is 0.400. The van der Waals surface area contributed by atoms with Crippen molar-refractivity contribution < 1.29 is 19.0 Å². The number of hydrogen-bond donors (Lipinski definition) is 1. The van der Waals surface area contributed by atoms with Gasteiger partial charge in [-0.05, 0) is 17.7 Å². The summed E-state index contributed by atoms with van der Waals surface area (Å²) in [6.45, 7) is 0.416. The van der Waals surface area contributed by atoms with Crippen LogP contribution in [0, 0.1) is 5.82 Å². The van der Waals surface area contributed by atoms with Gasteiger partial charge in [-0.25, -0.2) is 4.39 Å². The summed E-state index contributed by atoms with van der Waals surface area (Å²) in [5, 5.41) is 9.88. The van der Waals surface area contributed by atoms with Gasteiger partial charge in [0.15, 0.2) is 0 Å². The Morgan fingerprint density at radius 3 is 2.64 bits per heavy atom. The van der Waals surface area contributed by atoms with E-state index in [-0.39, 0.29) is 13.2 Å². The Hall–Kier alpha value is -1.13. The molecule has 0 radical (unpaired) electrons. The van der Waals surface area contributed by atoms with Crippen molar-refractivity contribution in [2.75, 3.05) is 20.3 Å². The van der Waals surface area contributed by atoms with Gasteiger partial charge >= 0.3 is 0 Å². The van der Waals surface area contributed by atoms with E-state index >= 15 is 0 Å². The second-order valence-corrected chi connectivity index (χ2v) is 3.40. The van der Waals surface area contributed by atoms with E-state index in [0.717, 1.165) is 0 Å². The summed E-state index contributed by atoms with van der Waals surface area (Å²) in [6, 6.07) is 4.18. The Kier molecular flexibility index (Phi) is 2.17. The van der Waals surface area contributed by atoms with Crippen LogP contribution < -0.4 is 4.74 Å². The summed E-state index contributed by atoms with van der Waals surface area (Å²) < 4.78 is 22.9. The maximum Gasteiger partial charge on any atom is 0.136 e. The molecule has 1 aromatic carbocycles. The molecule has 1 N–H and O–H groups in total. The average Bonchev–Trinajstić information content (AvgIpc) is 2.13. The van der Waals surface area contributed by atoms with E-state index in [2.05, 4.69) is 0 Å². The summed E-state index contributed by atoms with van der Waals surface area (Å²) in [7, 11) is 1.46. The lowest BCUT2D eigenvalue weighted by Gasteiger charge is -2.36. The minimum Gasteiger partial charge on any atom is -0.497 e. The van der Waals surface area contributed by atoms with Crippen molar-refractivity contribution in [3.63, 3.8) is 0 Å². The lowest BCUT2D eigenvalue weighted by atomic mass is 9.92. The molecule has 1 heterocycles. The van der Waals surface area contributed by atoms with Crippen molar-refractivity contribution in [2.45, 2.75) is 5.60 Å². The fourth-order valence-corrected chi connectivity index (χ4v) is 1.41. The highest BCUT2D eigenvalue weighted by atomic mass is 19.1. The molecular formula is C10H11FO3. The lowest BCUT2D eigenvalue weighted by Crippen LogP contribution is -2.46. The maximum absolute atomic E-state index is 13.1. The molecule has 0 unspecified atom stereocenters. The van der Waals surface area contributed by atoms with Gasteiger partial charge in [0.25, 0.3) is 0 Å². The second-order valence-electron chi connectivity index (χ2n) is 3.40. The van der Waals surface area contributed by atoms with Gasteiger partial charge in [-0.15, -0.1) is 0 Å². The van der Waals surface area contributed by atoms with Gasteiger partial charge in [-0.2, -0.15) is 0 Å². The Labute approximate surface area is 81.1 Å². The standard InChI is InChI=1S/C10H11FO3/c1-13-9-3-7(2-8(11)4-9)10(12)5-14-6-10/h2-4,12H,5-6H2,1H3. The highest BCUT2D eigenvalue weighted by Gasteiger charge is 2.38. The van der Waals surface area contributed by atoms with Crippen LogP contribution in [-0.4, -0.2) is 25.4 Å². The highest BCUT2D eigenvalue weighted by Crippen LogP contribution is 2.31. The summed E-state index contributed by atoms with van der Waals surface area (Å²) in [5.74, 6) is -0.0139. The van der Waals surface area contributed by atoms with Crippen LogP contribution in [0.4, 0.5) is 4.39 Å². The molecule has 1 aliphatic rings. The van der Waals surface area contributed by atoms with Gasteiger partial charge in [0.05, 0.1) is 20.3 Å². The zero-order valence-electron chi connectivity index (χ0n) is 7.79. The van der Waals surface area contributed by atoms with E-state index in [9.17, 15) is 9.50 Å². The Balaban J connectivity index is 2.37. The Morgan fingerprint density at radius 1 is 1.43 bits per heavy atom. The molecular weight excluding hydrogens is 187 g/mol. The van der Waals surface area contributed by atoms with Crippen molar-refractivity contribution in [2.24, 2.45) is 0 Å². The van der Waals surface area contributed by atoms with Crippen LogP contribution >= 0.6 is 0 Å². The Morgan fingerprint density at radius 2 is 2.14 bits per heavy atom. The third-order valence-electron chi connectivity index (χ3n) is 2.33. The SMILES string of the molecule is COc1cc(F)cc(C2(O)COC2)c1. The molecule has 0 atom stereocenters. The van der Waals surface area contributed by atoms with Crippen molar-refractivity contribution in [3.05, 3.63) is 29.6 Å². The second kappa shape index (κ2) is 3.22. The first-order chi connectivity index (χ1) is 6.64. The number of ether oxygens (including phenoxy) is 2. The molecule has 4 heteroatoms. The molecule has 14 heavy (non-hydrogen) atoms. The van der Waals surface area contributed by atoms with Crippen LogP contribution in [0.5, 0.6) is 5.75 Å². The number of methoxy groups -OCH3 is 1. The molecule has 76 valence electrons. The molecule has 0 saturated carbocycles. The molecule has 1 fully saturated rings. The number of hydrogen-bond acceptors (Lipinski definition) is 3. The molecule has 0 bridgehead atoms. The van der Waals surface area contributed by atoms with Gasteiger partial charge in [-0.3, -0.25) is 0 Å². The quantitative estimate of drug-likeness (QED) is 0.772. The third-order valence-corrected chi connectivity index (χ3v) is 2.33.